The van der Waals surface area contributed by atoms with E-state index in [1.54, 1.807) is 12.1 Å². The number of hydrogen-bond acceptors (Lipinski definition) is 7. The van der Waals surface area contributed by atoms with Crippen LogP contribution in [0.5, 0.6) is 0 Å². The number of carbonyl (C=O) groups excluding carboxylic acids is 1. The summed E-state index contributed by atoms with van der Waals surface area (Å²) in [7, 11) is -4.14. The molecule has 8 nitrogen and oxygen atoms in total. The Bertz CT molecular complexity index is 1600. The number of sulfonamides is 1. The number of halogens is 4. The zero-order valence-electron chi connectivity index (χ0n) is 19.7. The van der Waals surface area contributed by atoms with Crippen molar-refractivity contribution in [1.82, 2.24) is 19.3 Å². The Hall–Kier alpha value is -3.71. The van der Waals surface area contributed by atoms with Gasteiger partial charge in [0.1, 0.15) is 11.4 Å². The summed E-state index contributed by atoms with van der Waals surface area (Å²) in [6.45, 7) is 0.142. The number of carbonyl (C=O) groups is 1. The highest BCUT2D eigenvalue weighted by Gasteiger charge is 2.40. The number of furan rings is 1. The maximum atomic E-state index is 13.5. The van der Waals surface area contributed by atoms with E-state index in [4.69, 9.17) is 4.42 Å². The second-order valence-electron chi connectivity index (χ2n) is 8.82. The van der Waals surface area contributed by atoms with Gasteiger partial charge in [-0.2, -0.15) is 17.5 Å². The summed E-state index contributed by atoms with van der Waals surface area (Å²) < 4.78 is 84.9. The third kappa shape index (κ3) is 5.16. The van der Waals surface area contributed by atoms with Crippen LogP contribution in [0.2, 0.25) is 0 Å². The Morgan fingerprint density at radius 2 is 1.84 bits per heavy atom. The molecule has 0 aliphatic carbocycles. The molecular weight excluding hydrogens is 528 g/mol. The smallest absolute Gasteiger partial charge is 0.419 e. The minimum Gasteiger partial charge on any atom is -0.443 e. The number of pyridine rings is 1. The molecule has 13 heteroatoms. The zero-order valence-corrected chi connectivity index (χ0v) is 20.5. The Morgan fingerprint density at radius 3 is 2.58 bits per heavy atom. The first-order chi connectivity index (χ1) is 18.0. The Labute approximate surface area is 214 Å². The number of ketones is 1. The van der Waals surface area contributed by atoms with Crippen molar-refractivity contribution in [2.24, 2.45) is 0 Å². The highest BCUT2D eigenvalue weighted by atomic mass is 32.2. The van der Waals surface area contributed by atoms with Crippen LogP contribution in [0.4, 0.5) is 17.6 Å². The van der Waals surface area contributed by atoms with Crippen molar-refractivity contribution in [2.75, 3.05) is 6.54 Å². The average Bonchev–Trinajstić information content (AvgIpc) is 3.55. The van der Waals surface area contributed by atoms with Gasteiger partial charge in [-0.25, -0.2) is 22.8 Å². The van der Waals surface area contributed by atoms with Crippen molar-refractivity contribution in [3.63, 3.8) is 0 Å². The van der Waals surface area contributed by atoms with Gasteiger partial charge in [-0.15, -0.1) is 0 Å². The van der Waals surface area contributed by atoms with E-state index in [1.165, 1.54) is 24.4 Å². The van der Waals surface area contributed by atoms with Gasteiger partial charge in [0.05, 0.1) is 11.6 Å². The molecule has 4 heterocycles. The normalized spacial score (nSPS) is 16.8. The highest BCUT2D eigenvalue weighted by molar-refractivity contribution is 7.89. The second kappa shape index (κ2) is 9.87. The summed E-state index contributed by atoms with van der Waals surface area (Å²) in [5, 5.41) is -0.0580. The lowest BCUT2D eigenvalue weighted by molar-refractivity contribution is -0.138. The lowest BCUT2D eigenvalue weighted by atomic mass is 10.0. The van der Waals surface area contributed by atoms with Crippen molar-refractivity contribution in [3.05, 3.63) is 72.1 Å². The summed E-state index contributed by atoms with van der Waals surface area (Å²) in [6.07, 6.45) is -0.713. The van der Waals surface area contributed by atoms with Crippen LogP contribution < -0.4 is 0 Å². The molecule has 198 valence electrons. The van der Waals surface area contributed by atoms with E-state index in [2.05, 4.69) is 15.0 Å². The topological polar surface area (TPSA) is 106 Å². The first kappa shape index (κ1) is 25.9. The van der Waals surface area contributed by atoms with Gasteiger partial charge in [0.15, 0.2) is 11.6 Å². The lowest BCUT2D eigenvalue weighted by Gasteiger charge is -2.21. The van der Waals surface area contributed by atoms with Gasteiger partial charge >= 0.3 is 6.18 Å². The molecule has 0 amide bonds. The molecule has 0 bridgehead atoms. The maximum absolute atomic E-state index is 13.5. The van der Waals surface area contributed by atoms with E-state index in [-0.39, 0.29) is 41.7 Å². The minimum absolute atomic E-state index is 0.00759. The molecule has 0 saturated carbocycles. The molecule has 1 aliphatic heterocycles. The van der Waals surface area contributed by atoms with Crippen LogP contribution in [0.15, 0.2) is 64.5 Å². The van der Waals surface area contributed by atoms with Gasteiger partial charge in [-0.3, -0.25) is 9.78 Å². The fraction of sp³-hybridized carbons (Fsp3) is 0.280. The first-order valence-electron chi connectivity index (χ1n) is 11.6. The molecule has 1 atom stereocenters. The number of rotatable bonds is 7. The largest absolute Gasteiger partial charge is 0.443 e. The molecule has 1 aliphatic rings. The summed E-state index contributed by atoms with van der Waals surface area (Å²) in [4.78, 5) is 24.8. The zero-order chi connectivity index (χ0) is 27.1. The van der Waals surface area contributed by atoms with Gasteiger partial charge in [-0.05, 0) is 49.6 Å². The van der Waals surface area contributed by atoms with Crippen molar-refractivity contribution in [2.45, 2.75) is 43.0 Å². The second-order valence-corrected chi connectivity index (χ2v) is 10.6. The molecule has 38 heavy (non-hydrogen) atoms. The highest BCUT2D eigenvalue weighted by Crippen LogP contribution is 2.32. The number of nitrogens with zero attached hydrogens (tertiary/aromatic N) is 4. The molecule has 0 radical (unpaired) electrons. The molecule has 1 fully saturated rings. The van der Waals surface area contributed by atoms with E-state index in [9.17, 15) is 30.8 Å². The van der Waals surface area contributed by atoms with Crippen molar-refractivity contribution < 1.29 is 35.2 Å². The first-order valence-corrected chi connectivity index (χ1v) is 13.0. The van der Waals surface area contributed by atoms with Crippen LogP contribution >= 0.6 is 0 Å². The quantitative estimate of drug-likeness (QED) is 0.306. The molecule has 0 spiro atoms. The Morgan fingerprint density at radius 1 is 1.08 bits per heavy atom. The van der Waals surface area contributed by atoms with Crippen LogP contribution in [-0.4, -0.2) is 46.0 Å². The number of hydrogen-bond donors (Lipinski definition) is 0. The van der Waals surface area contributed by atoms with Crippen molar-refractivity contribution in [3.8, 4) is 11.4 Å². The summed E-state index contributed by atoms with van der Waals surface area (Å²) >= 11 is 0. The van der Waals surface area contributed by atoms with Crippen molar-refractivity contribution >= 4 is 26.8 Å². The van der Waals surface area contributed by atoms with E-state index >= 15 is 0 Å². The SMILES string of the molecule is O=C(CCc1cc(-c2ncc(C(F)(F)F)cn2)ccn1)[C@@H]1CCCN1S(=O)(=O)c1cc2cc(F)ccc2o1. The molecule has 1 aromatic carbocycles. The van der Waals surface area contributed by atoms with E-state index in [1.807, 2.05) is 0 Å². The van der Waals surface area contributed by atoms with Gasteiger partial charge in [0, 0.05) is 54.3 Å². The lowest BCUT2D eigenvalue weighted by Crippen LogP contribution is -2.40. The van der Waals surface area contributed by atoms with Crippen LogP contribution in [0.1, 0.15) is 30.5 Å². The van der Waals surface area contributed by atoms with E-state index < -0.39 is 33.6 Å². The predicted octanol–water partition coefficient (Wildman–Crippen LogP) is 4.80. The van der Waals surface area contributed by atoms with Gasteiger partial charge in [0.2, 0.25) is 5.09 Å². The fourth-order valence-electron chi connectivity index (χ4n) is 4.38. The van der Waals surface area contributed by atoms with Crippen molar-refractivity contribution in [1.29, 1.82) is 0 Å². The third-order valence-electron chi connectivity index (χ3n) is 6.28. The molecular formula is C25H20F4N4O4S. The van der Waals surface area contributed by atoms with Gasteiger partial charge in [-0.1, -0.05) is 0 Å². The summed E-state index contributed by atoms with van der Waals surface area (Å²) in [5.74, 6) is -0.753. The molecule has 0 unspecified atom stereocenters. The monoisotopic (exact) mass is 548 g/mol. The molecule has 3 aromatic heterocycles. The van der Waals surface area contributed by atoms with Gasteiger partial charge < -0.3 is 4.42 Å². The number of aromatic nitrogens is 3. The Balaban J connectivity index is 1.28. The number of benzene rings is 1. The van der Waals surface area contributed by atoms with E-state index in [0.29, 0.717) is 41.9 Å². The summed E-state index contributed by atoms with van der Waals surface area (Å²) in [5.41, 5.74) is 0.163. The number of alkyl halides is 3. The number of fused-ring (bicyclic) bond motifs is 1. The molecule has 1 saturated heterocycles. The molecule has 0 N–H and O–H groups in total. The van der Waals surface area contributed by atoms with Crippen LogP contribution in [0.3, 0.4) is 0 Å². The van der Waals surface area contributed by atoms with Gasteiger partial charge in [0.25, 0.3) is 10.0 Å². The third-order valence-corrected chi connectivity index (χ3v) is 8.04. The van der Waals surface area contributed by atoms with Crippen LogP contribution in [0.25, 0.3) is 22.4 Å². The number of aryl methyl sites for hydroxylation is 1. The van der Waals surface area contributed by atoms with Crippen LogP contribution in [0, 0.1) is 5.82 Å². The summed E-state index contributed by atoms with van der Waals surface area (Å²) in [6, 6.07) is 7.15. The molecule has 5 rings (SSSR count). The standard InChI is InChI=1S/C25H20F4N4O4S/c26-18-3-6-22-16(10-18)12-23(37-22)38(35,36)33-9-1-2-20(33)21(34)5-4-19-11-15(7-8-30-19)24-31-13-17(14-32-24)25(27,28)29/h3,6-8,10-14,20H,1-2,4-5,9H2/t20-/m0/s1. The Kier molecular flexibility index (Phi) is 6.73. The number of Topliss-reactive ketones (excluding diaryl/α,β-unsaturated/α-hetero) is 1. The van der Waals surface area contributed by atoms with E-state index in [0.717, 1.165) is 10.4 Å². The fourth-order valence-corrected chi connectivity index (χ4v) is 6.01. The van der Waals surface area contributed by atoms with Crippen LogP contribution in [-0.2, 0) is 27.4 Å². The average molecular weight is 549 g/mol. The predicted molar refractivity (Wildman–Crippen MR) is 127 cm³/mol. The maximum Gasteiger partial charge on any atom is 0.419 e. The molecule has 4 aromatic rings. The minimum atomic E-state index is -4.55.